The Morgan fingerprint density at radius 1 is 1.83 bits per heavy atom. The number of carboxylic acid groups (broad SMARTS) is 1. The monoisotopic (exact) mass is 182 g/mol. The summed E-state index contributed by atoms with van der Waals surface area (Å²) < 4.78 is 0. The first-order chi connectivity index (χ1) is 5.40. The van der Waals surface area contributed by atoms with Gasteiger partial charge in [-0.05, 0) is 6.92 Å². The Bertz CT molecular complexity index is 117. The average Bonchev–Trinajstić information content (AvgIpc) is 1.85. The van der Waals surface area contributed by atoms with Crippen molar-refractivity contribution < 1.29 is 25.7 Å². The van der Waals surface area contributed by atoms with E-state index in [2.05, 4.69) is 16.6 Å². The predicted octanol–water partition coefficient (Wildman–Crippen LogP) is -2.63. The normalized spacial score (nSPS) is 11.8. The molecule has 0 aromatic heterocycles. The van der Waals surface area contributed by atoms with E-state index in [9.17, 15) is 4.79 Å². The van der Waals surface area contributed by atoms with Crippen molar-refractivity contribution in [2.75, 3.05) is 13.6 Å². The second-order valence-corrected chi connectivity index (χ2v) is 2.14. The molecule has 12 heavy (non-hydrogen) atoms. The van der Waals surface area contributed by atoms with Crippen molar-refractivity contribution >= 4 is 5.97 Å². The van der Waals surface area contributed by atoms with Crippen LogP contribution >= 0.6 is 0 Å². The summed E-state index contributed by atoms with van der Waals surface area (Å²) in [5.74, 6) is 6.90. The molecule has 0 aliphatic heterocycles. The number of carbonyl (C=O) groups is 1. The first kappa shape index (κ1) is 13.8. The number of likely N-dealkylation sites (N-methyl/N-ethyl adjacent to an activating group) is 1. The van der Waals surface area contributed by atoms with Gasteiger partial charge in [0.05, 0.1) is 0 Å². The van der Waals surface area contributed by atoms with Crippen molar-refractivity contribution in [2.24, 2.45) is 5.90 Å². The molecule has 0 aliphatic carbocycles. The van der Waals surface area contributed by atoms with Crippen molar-refractivity contribution in [1.82, 2.24) is 5.01 Å². The zero-order chi connectivity index (χ0) is 10.1. The van der Waals surface area contributed by atoms with Gasteiger partial charge in [0, 0.05) is 7.05 Å². The van der Waals surface area contributed by atoms with Crippen LogP contribution in [0.1, 0.15) is 6.92 Å². The van der Waals surface area contributed by atoms with Gasteiger partial charge in [0.15, 0.2) is 6.29 Å². The summed E-state index contributed by atoms with van der Waals surface area (Å²) in [4.78, 5) is 13.5. The Balaban J connectivity index is 0. The van der Waals surface area contributed by atoms with Crippen molar-refractivity contribution in [2.45, 2.75) is 13.2 Å². The number of hydrogen-bond donors (Lipinski definition) is 4. The summed E-state index contributed by atoms with van der Waals surface area (Å²) in [5.41, 5.74) is 0. The van der Waals surface area contributed by atoms with E-state index in [1.807, 2.05) is 0 Å². The van der Waals surface area contributed by atoms with Gasteiger partial charge in [0.1, 0.15) is 6.54 Å². The summed E-state index contributed by atoms with van der Waals surface area (Å²) in [7, 11) is 1.61. The zero-order valence-corrected chi connectivity index (χ0v) is 7.23. The van der Waals surface area contributed by atoms with E-state index >= 15 is 0 Å². The van der Waals surface area contributed by atoms with E-state index < -0.39 is 12.3 Å². The number of carboxylic acids is 1. The van der Waals surface area contributed by atoms with Gasteiger partial charge in [-0.2, -0.15) is 5.01 Å². The minimum Gasteiger partial charge on any atom is -0.480 e. The summed E-state index contributed by atoms with van der Waals surface area (Å²) in [6, 6.07) is 0. The molecule has 1 atom stereocenters. The molecule has 0 aliphatic rings. The molecule has 7 nitrogen and oxygen atoms in total. The number of nitrogens with two attached hydrogens (primary N) is 1. The fourth-order valence-electron chi connectivity index (χ4n) is 0.231. The topological polar surface area (TPSA) is 124 Å². The Kier molecular flexibility index (Phi) is 9.65. The lowest BCUT2D eigenvalue weighted by Gasteiger charge is -1.97. The number of quaternary nitrogens is 1. The van der Waals surface area contributed by atoms with Gasteiger partial charge in [0.25, 0.3) is 0 Å². The number of hydrogen-bond acceptors (Lipinski definition) is 5. The largest absolute Gasteiger partial charge is 0.480 e. The molecule has 0 saturated heterocycles. The van der Waals surface area contributed by atoms with E-state index in [-0.39, 0.29) is 6.54 Å². The Hall–Kier alpha value is -0.730. The maximum absolute atomic E-state index is 9.73. The predicted molar refractivity (Wildman–Crippen MR) is 40.1 cm³/mol. The number of nitrogens with zero attached hydrogens (tertiary/aromatic N) is 1. The molecule has 7 heteroatoms. The van der Waals surface area contributed by atoms with Crippen LogP contribution in [0.15, 0.2) is 0 Å². The van der Waals surface area contributed by atoms with Crippen molar-refractivity contribution in [1.29, 1.82) is 0 Å². The van der Waals surface area contributed by atoms with Crippen LogP contribution in [-0.2, 0) is 9.63 Å². The number of aliphatic hydroxyl groups excluding tert-OH is 1. The SMILES string of the molecule is CC(O)ON.CN([NH3+])CC(=O)O. The average molecular weight is 182 g/mol. The second kappa shape index (κ2) is 8.37. The van der Waals surface area contributed by atoms with Crippen molar-refractivity contribution in [3.8, 4) is 0 Å². The van der Waals surface area contributed by atoms with E-state index in [0.717, 1.165) is 0 Å². The standard InChI is InChI=1S/C3H8N2O2.C2H7NO2/c1-5(4)2-3(6)7;1-2(4)5-3/h2,4H2,1H3,(H,6,7);2,4H,3H2,1H3/p+1. The molecule has 0 aromatic rings. The lowest BCUT2D eigenvalue weighted by atomic mass is 10.7. The van der Waals surface area contributed by atoms with Crippen LogP contribution in [0.5, 0.6) is 0 Å². The Morgan fingerprint density at radius 3 is 2.17 bits per heavy atom. The lowest BCUT2D eigenvalue weighted by molar-refractivity contribution is -0.563. The summed E-state index contributed by atoms with van der Waals surface area (Å²) in [6.07, 6.45) is -0.838. The van der Waals surface area contributed by atoms with Gasteiger partial charge < -0.3 is 10.2 Å². The van der Waals surface area contributed by atoms with Crippen LogP contribution in [0.25, 0.3) is 0 Å². The van der Waals surface area contributed by atoms with Gasteiger partial charge in [-0.25, -0.2) is 5.90 Å². The van der Waals surface area contributed by atoms with Crippen molar-refractivity contribution in [3.05, 3.63) is 0 Å². The summed E-state index contributed by atoms with van der Waals surface area (Å²) in [6.45, 7) is 1.43. The highest BCUT2D eigenvalue weighted by Crippen LogP contribution is 1.68. The van der Waals surface area contributed by atoms with E-state index in [4.69, 9.17) is 10.2 Å². The highest BCUT2D eigenvalue weighted by Gasteiger charge is 1.98. The van der Waals surface area contributed by atoms with Gasteiger partial charge in [-0.3, -0.25) is 15.5 Å². The van der Waals surface area contributed by atoms with Gasteiger partial charge in [0.2, 0.25) is 0 Å². The number of rotatable bonds is 3. The molecule has 0 spiro atoms. The van der Waals surface area contributed by atoms with Crippen LogP contribution in [0.4, 0.5) is 0 Å². The fraction of sp³-hybridized carbons (Fsp3) is 0.800. The molecular weight excluding hydrogens is 166 g/mol. The Morgan fingerprint density at radius 2 is 2.17 bits per heavy atom. The van der Waals surface area contributed by atoms with Crippen LogP contribution in [-0.4, -0.2) is 41.1 Å². The highest BCUT2D eigenvalue weighted by atomic mass is 16.7. The molecule has 0 aromatic carbocycles. The fourth-order valence-corrected chi connectivity index (χ4v) is 0.231. The molecule has 1 unspecified atom stereocenters. The second-order valence-electron chi connectivity index (χ2n) is 2.14. The number of aliphatic hydroxyl groups is 1. The lowest BCUT2D eigenvalue weighted by Crippen LogP contribution is -2.66. The van der Waals surface area contributed by atoms with Gasteiger partial charge in [-0.1, -0.05) is 0 Å². The molecule has 0 radical (unpaired) electrons. The van der Waals surface area contributed by atoms with Crippen LogP contribution in [0.3, 0.4) is 0 Å². The molecule has 0 fully saturated rings. The molecular formula is C5H16N3O4+. The summed E-state index contributed by atoms with van der Waals surface area (Å²) >= 11 is 0. The van der Waals surface area contributed by atoms with Crippen molar-refractivity contribution in [3.63, 3.8) is 0 Å². The van der Waals surface area contributed by atoms with E-state index in [1.165, 1.54) is 11.9 Å². The molecule has 0 saturated carbocycles. The third-order valence-corrected chi connectivity index (χ3v) is 0.602. The van der Waals surface area contributed by atoms with Crippen LogP contribution in [0, 0.1) is 0 Å². The maximum Gasteiger partial charge on any atom is 0.323 e. The molecule has 0 amide bonds. The number of aliphatic carboxylic acids is 1. The van der Waals surface area contributed by atoms with Gasteiger partial charge in [-0.15, -0.1) is 0 Å². The minimum atomic E-state index is -0.850. The van der Waals surface area contributed by atoms with Crippen LogP contribution < -0.4 is 11.7 Å². The third kappa shape index (κ3) is 22.8. The van der Waals surface area contributed by atoms with E-state index in [0.29, 0.717) is 0 Å². The maximum atomic E-state index is 9.73. The molecule has 0 bridgehead atoms. The quantitative estimate of drug-likeness (QED) is 0.280. The molecule has 0 rings (SSSR count). The third-order valence-electron chi connectivity index (χ3n) is 0.602. The first-order valence-corrected chi connectivity index (χ1v) is 3.17. The summed E-state index contributed by atoms with van der Waals surface area (Å²) in [5, 5.41) is 17.4. The Labute approximate surface area is 70.4 Å². The molecule has 7 N–H and O–H groups in total. The first-order valence-electron chi connectivity index (χ1n) is 3.17. The smallest absolute Gasteiger partial charge is 0.323 e. The van der Waals surface area contributed by atoms with Crippen LogP contribution in [0.2, 0.25) is 0 Å². The zero-order valence-electron chi connectivity index (χ0n) is 7.23. The molecule has 0 heterocycles. The van der Waals surface area contributed by atoms with Gasteiger partial charge >= 0.3 is 5.97 Å². The molecule has 74 valence electrons. The van der Waals surface area contributed by atoms with E-state index in [1.54, 1.807) is 7.05 Å². The highest BCUT2D eigenvalue weighted by molar-refractivity contribution is 5.68. The minimum absolute atomic E-state index is 0.